The summed E-state index contributed by atoms with van der Waals surface area (Å²) in [6.45, 7) is 3.20. The number of rotatable bonds is 2. The van der Waals surface area contributed by atoms with Crippen molar-refractivity contribution < 1.29 is 0 Å². The van der Waals surface area contributed by atoms with E-state index in [1.54, 1.807) is 12.1 Å². The lowest BCUT2D eigenvalue weighted by molar-refractivity contribution is 0.184. The predicted molar refractivity (Wildman–Crippen MR) is 65.2 cm³/mol. The van der Waals surface area contributed by atoms with Crippen molar-refractivity contribution in [3.63, 3.8) is 0 Å². The van der Waals surface area contributed by atoms with Crippen LogP contribution < -0.4 is 5.73 Å². The average molecular weight is 242 g/mol. The fourth-order valence-electron chi connectivity index (χ4n) is 1.62. The summed E-state index contributed by atoms with van der Waals surface area (Å²) in [7, 11) is 2.02. The van der Waals surface area contributed by atoms with Crippen molar-refractivity contribution >= 4 is 0 Å². The van der Waals surface area contributed by atoms with Crippen LogP contribution in [0.4, 0.5) is 0 Å². The van der Waals surface area contributed by atoms with E-state index in [9.17, 15) is 0 Å². The lowest BCUT2D eigenvalue weighted by Gasteiger charge is -2.34. The van der Waals surface area contributed by atoms with E-state index in [-0.39, 0.29) is 11.1 Å². The van der Waals surface area contributed by atoms with Gasteiger partial charge in [-0.1, -0.05) is 0 Å². The highest BCUT2D eigenvalue weighted by Crippen LogP contribution is 2.11. The van der Waals surface area contributed by atoms with Gasteiger partial charge in [-0.15, -0.1) is 0 Å². The number of hydrogen-bond acceptors (Lipinski definition) is 6. The molecule has 1 fully saturated rings. The Hall–Kier alpha value is -2.49. The van der Waals surface area contributed by atoms with Gasteiger partial charge in [-0.25, -0.2) is 0 Å². The molecule has 0 spiro atoms. The Morgan fingerprint density at radius 1 is 1.06 bits per heavy atom. The maximum absolute atomic E-state index is 9.03. The molecule has 1 aliphatic heterocycles. The monoisotopic (exact) mass is 242 g/mol. The highest BCUT2D eigenvalue weighted by atomic mass is 15.3. The SMILES string of the molecule is CN1CCN(/C(N)=C(\C#N)C=C(C#N)C#N)CC1. The molecule has 0 atom stereocenters. The third kappa shape index (κ3) is 3.25. The third-order valence-electron chi connectivity index (χ3n) is 2.77. The van der Waals surface area contributed by atoms with Crippen LogP contribution in [0.2, 0.25) is 0 Å². The van der Waals surface area contributed by atoms with Gasteiger partial charge in [0.15, 0.2) is 0 Å². The summed E-state index contributed by atoms with van der Waals surface area (Å²) >= 11 is 0. The highest BCUT2D eigenvalue weighted by Gasteiger charge is 2.16. The van der Waals surface area contributed by atoms with E-state index in [4.69, 9.17) is 21.5 Å². The summed E-state index contributed by atoms with van der Waals surface area (Å²) in [6.07, 6.45) is 1.23. The van der Waals surface area contributed by atoms with E-state index in [1.807, 2.05) is 18.0 Å². The van der Waals surface area contributed by atoms with Gasteiger partial charge in [-0.3, -0.25) is 0 Å². The molecule has 0 aromatic carbocycles. The zero-order valence-electron chi connectivity index (χ0n) is 10.2. The molecule has 1 rings (SSSR count). The topological polar surface area (TPSA) is 104 Å². The van der Waals surface area contributed by atoms with Crippen molar-refractivity contribution in [1.82, 2.24) is 9.80 Å². The second-order valence-electron chi connectivity index (χ2n) is 3.98. The van der Waals surface area contributed by atoms with Crippen LogP contribution in [0.25, 0.3) is 0 Å². The fraction of sp³-hybridized carbons (Fsp3) is 0.417. The number of likely N-dealkylation sites (N-methyl/N-ethyl adjacent to an activating group) is 1. The van der Waals surface area contributed by atoms with E-state index >= 15 is 0 Å². The standard InChI is InChI=1S/C12H14N6/c1-17-2-4-18(5-3-17)12(16)11(9-15)6-10(7-13)8-14/h6H,2-5,16H2,1H3/b12-11-. The van der Waals surface area contributed by atoms with Gasteiger partial charge in [-0.2, -0.15) is 15.8 Å². The molecule has 0 amide bonds. The predicted octanol–water partition coefficient (Wildman–Crippen LogP) is -0.0988. The summed E-state index contributed by atoms with van der Waals surface area (Å²) in [6, 6.07) is 5.36. The molecule has 92 valence electrons. The molecule has 6 nitrogen and oxygen atoms in total. The summed E-state index contributed by atoms with van der Waals surface area (Å²) in [4.78, 5) is 4.06. The van der Waals surface area contributed by atoms with Crippen LogP contribution in [0.3, 0.4) is 0 Å². The maximum Gasteiger partial charge on any atom is 0.131 e. The van der Waals surface area contributed by atoms with Gasteiger partial charge in [-0.05, 0) is 13.1 Å². The minimum atomic E-state index is -0.122. The molecule has 1 saturated heterocycles. The summed E-state index contributed by atoms with van der Waals surface area (Å²) in [5.41, 5.74) is 5.95. The van der Waals surface area contributed by atoms with Crippen molar-refractivity contribution in [2.75, 3.05) is 33.2 Å². The molecule has 1 aliphatic rings. The minimum Gasteiger partial charge on any atom is -0.384 e. The molecule has 0 saturated carbocycles. The van der Waals surface area contributed by atoms with E-state index in [0.717, 1.165) is 26.2 Å². The minimum absolute atomic E-state index is 0.122. The Morgan fingerprint density at radius 3 is 2.06 bits per heavy atom. The summed E-state index contributed by atoms with van der Waals surface area (Å²) < 4.78 is 0. The molecule has 18 heavy (non-hydrogen) atoms. The van der Waals surface area contributed by atoms with Gasteiger partial charge in [0.2, 0.25) is 0 Å². The van der Waals surface area contributed by atoms with Crippen molar-refractivity contribution in [2.45, 2.75) is 0 Å². The Balaban J connectivity index is 2.96. The van der Waals surface area contributed by atoms with Crippen LogP contribution >= 0.6 is 0 Å². The highest BCUT2D eigenvalue weighted by molar-refractivity contribution is 5.47. The second kappa shape index (κ2) is 6.30. The van der Waals surface area contributed by atoms with E-state index in [1.165, 1.54) is 6.08 Å². The molecule has 6 heteroatoms. The zero-order valence-corrected chi connectivity index (χ0v) is 10.2. The van der Waals surface area contributed by atoms with E-state index < -0.39 is 0 Å². The molecule has 1 heterocycles. The number of allylic oxidation sites excluding steroid dienone is 3. The molecule has 0 aliphatic carbocycles. The van der Waals surface area contributed by atoms with Gasteiger partial charge in [0.25, 0.3) is 0 Å². The van der Waals surface area contributed by atoms with Gasteiger partial charge >= 0.3 is 0 Å². The number of nitrogens with two attached hydrogens (primary N) is 1. The molecular formula is C12H14N6. The Kier molecular flexibility index (Phi) is 4.75. The van der Waals surface area contributed by atoms with Crippen molar-refractivity contribution in [1.29, 1.82) is 15.8 Å². The van der Waals surface area contributed by atoms with E-state index in [0.29, 0.717) is 5.82 Å². The average Bonchev–Trinajstić information content (AvgIpc) is 2.40. The molecule has 0 radical (unpaired) electrons. The Bertz CT molecular complexity index is 472. The number of nitrogens with zero attached hydrogens (tertiary/aromatic N) is 5. The van der Waals surface area contributed by atoms with Crippen LogP contribution in [0, 0.1) is 34.0 Å². The first kappa shape index (κ1) is 13.6. The quantitative estimate of drug-likeness (QED) is 0.535. The van der Waals surface area contributed by atoms with Crippen LogP contribution in [0.1, 0.15) is 0 Å². The lowest BCUT2D eigenvalue weighted by Crippen LogP contribution is -2.45. The molecule has 0 unspecified atom stereocenters. The van der Waals surface area contributed by atoms with Crippen LogP contribution in [0.15, 0.2) is 23.0 Å². The first-order valence-corrected chi connectivity index (χ1v) is 5.47. The Morgan fingerprint density at radius 2 is 1.61 bits per heavy atom. The first-order chi connectivity index (χ1) is 8.62. The zero-order chi connectivity index (χ0) is 13.5. The van der Waals surface area contributed by atoms with Gasteiger partial charge in [0.1, 0.15) is 29.6 Å². The molecule has 0 aromatic heterocycles. The van der Waals surface area contributed by atoms with Crippen LogP contribution in [-0.2, 0) is 0 Å². The number of nitriles is 3. The summed E-state index contributed by atoms with van der Waals surface area (Å²) in [5.74, 6) is 0.327. The van der Waals surface area contributed by atoms with Crippen molar-refractivity contribution in [3.05, 3.63) is 23.0 Å². The normalized spacial score (nSPS) is 16.9. The lowest BCUT2D eigenvalue weighted by atomic mass is 10.1. The van der Waals surface area contributed by atoms with Crippen LogP contribution in [0.5, 0.6) is 0 Å². The maximum atomic E-state index is 9.03. The molecule has 2 N–H and O–H groups in total. The second-order valence-corrected chi connectivity index (χ2v) is 3.98. The molecule has 0 bridgehead atoms. The summed E-state index contributed by atoms with van der Waals surface area (Å²) in [5, 5.41) is 26.4. The van der Waals surface area contributed by atoms with Gasteiger partial charge in [0, 0.05) is 26.2 Å². The number of hydrogen-bond donors (Lipinski definition) is 1. The van der Waals surface area contributed by atoms with Gasteiger partial charge in [0.05, 0.1) is 5.57 Å². The smallest absolute Gasteiger partial charge is 0.131 e. The van der Waals surface area contributed by atoms with Crippen LogP contribution in [-0.4, -0.2) is 43.0 Å². The third-order valence-corrected chi connectivity index (χ3v) is 2.77. The van der Waals surface area contributed by atoms with Crippen molar-refractivity contribution in [3.8, 4) is 18.2 Å². The van der Waals surface area contributed by atoms with Crippen molar-refractivity contribution in [2.24, 2.45) is 5.73 Å². The van der Waals surface area contributed by atoms with Gasteiger partial charge < -0.3 is 15.5 Å². The molecular weight excluding hydrogens is 228 g/mol. The fourth-order valence-corrected chi connectivity index (χ4v) is 1.62. The largest absolute Gasteiger partial charge is 0.384 e. The number of piperazine rings is 1. The molecule has 0 aromatic rings. The first-order valence-electron chi connectivity index (χ1n) is 5.47. The Labute approximate surface area is 106 Å². The van der Waals surface area contributed by atoms with E-state index in [2.05, 4.69) is 4.90 Å².